The summed E-state index contributed by atoms with van der Waals surface area (Å²) in [6.45, 7) is 8.08. The average molecular weight is 396 g/mol. The Labute approximate surface area is 171 Å². The minimum Gasteiger partial charge on any atom is -0.493 e. The van der Waals surface area contributed by atoms with Gasteiger partial charge >= 0.3 is 0 Å². The Morgan fingerprint density at radius 2 is 1.97 bits per heavy atom. The van der Waals surface area contributed by atoms with Gasteiger partial charge < -0.3 is 19.4 Å². The van der Waals surface area contributed by atoms with Gasteiger partial charge in [-0.05, 0) is 49.6 Å². The van der Waals surface area contributed by atoms with Crippen molar-refractivity contribution < 1.29 is 14.3 Å². The molecule has 6 heteroatoms. The summed E-state index contributed by atoms with van der Waals surface area (Å²) in [5.74, 6) is 2.59. The topological polar surface area (TPSA) is 65.4 Å². The predicted molar refractivity (Wildman–Crippen MR) is 115 cm³/mol. The molecule has 0 unspecified atom stereocenters. The van der Waals surface area contributed by atoms with Crippen molar-refractivity contribution in [3.05, 3.63) is 53.9 Å². The zero-order chi connectivity index (χ0) is 20.8. The van der Waals surface area contributed by atoms with E-state index in [4.69, 9.17) is 9.47 Å². The maximum atomic E-state index is 12.6. The van der Waals surface area contributed by atoms with Crippen molar-refractivity contribution in [1.82, 2.24) is 14.9 Å². The van der Waals surface area contributed by atoms with Gasteiger partial charge in [-0.2, -0.15) is 0 Å². The fraction of sp³-hybridized carbons (Fsp3) is 0.391. The number of rotatable bonds is 9. The molecule has 0 aliphatic carbocycles. The highest BCUT2D eigenvalue weighted by atomic mass is 16.5. The minimum atomic E-state index is -0.140. The lowest BCUT2D eigenvalue weighted by Gasteiger charge is -2.13. The molecule has 29 heavy (non-hydrogen) atoms. The van der Waals surface area contributed by atoms with E-state index in [1.54, 1.807) is 25.3 Å². The SMILES string of the molecule is COc1cc(C(=O)NCCn2c(C)nc3ccccc32)ccc1OCCC(C)C. The van der Waals surface area contributed by atoms with Gasteiger partial charge in [-0.15, -0.1) is 0 Å². The number of carbonyl (C=O) groups is 1. The van der Waals surface area contributed by atoms with E-state index < -0.39 is 0 Å². The lowest BCUT2D eigenvalue weighted by molar-refractivity contribution is 0.0952. The second kappa shape index (κ2) is 9.45. The van der Waals surface area contributed by atoms with Crippen molar-refractivity contribution in [3.8, 4) is 11.5 Å². The normalized spacial score (nSPS) is 11.1. The summed E-state index contributed by atoms with van der Waals surface area (Å²) in [5.41, 5.74) is 2.59. The highest BCUT2D eigenvalue weighted by molar-refractivity contribution is 5.94. The van der Waals surface area contributed by atoms with Gasteiger partial charge in [0.05, 0.1) is 24.8 Å². The van der Waals surface area contributed by atoms with E-state index in [9.17, 15) is 4.79 Å². The second-order valence-electron chi connectivity index (χ2n) is 7.45. The van der Waals surface area contributed by atoms with Crippen LogP contribution in [0.5, 0.6) is 11.5 Å². The summed E-state index contributed by atoms with van der Waals surface area (Å²) in [6.07, 6.45) is 0.966. The van der Waals surface area contributed by atoms with Gasteiger partial charge in [0.15, 0.2) is 11.5 Å². The van der Waals surface area contributed by atoms with Crippen molar-refractivity contribution >= 4 is 16.9 Å². The summed E-state index contributed by atoms with van der Waals surface area (Å²) in [6, 6.07) is 13.3. The van der Waals surface area contributed by atoms with Crippen LogP contribution in [0.3, 0.4) is 0 Å². The molecule has 1 N–H and O–H groups in total. The molecule has 0 fully saturated rings. The fourth-order valence-corrected chi connectivity index (χ4v) is 3.19. The lowest BCUT2D eigenvalue weighted by atomic mass is 10.1. The molecule has 0 aliphatic heterocycles. The highest BCUT2D eigenvalue weighted by Crippen LogP contribution is 2.28. The Hall–Kier alpha value is -3.02. The van der Waals surface area contributed by atoms with Crippen LogP contribution >= 0.6 is 0 Å². The van der Waals surface area contributed by atoms with Gasteiger partial charge in [-0.25, -0.2) is 4.98 Å². The summed E-state index contributed by atoms with van der Waals surface area (Å²) in [7, 11) is 1.58. The molecule has 0 bridgehead atoms. The van der Waals surface area contributed by atoms with Crippen LogP contribution in [0.15, 0.2) is 42.5 Å². The van der Waals surface area contributed by atoms with E-state index >= 15 is 0 Å². The van der Waals surface area contributed by atoms with Gasteiger partial charge in [0.25, 0.3) is 5.91 Å². The molecule has 2 aromatic carbocycles. The second-order valence-corrected chi connectivity index (χ2v) is 7.45. The van der Waals surface area contributed by atoms with E-state index in [-0.39, 0.29) is 5.91 Å². The number of aryl methyl sites for hydroxylation is 1. The number of nitrogens with zero attached hydrogens (tertiary/aromatic N) is 2. The number of fused-ring (bicyclic) bond motifs is 1. The number of hydrogen-bond donors (Lipinski definition) is 1. The van der Waals surface area contributed by atoms with Crippen LogP contribution in [-0.2, 0) is 6.54 Å². The number of imidazole rings is 1. The van der Waals surface area contributed by atoms with Crippen molar-refractivity contribution in [2.24, 2.45) is 5.92 Å². The third kappa shape index (κ3) is 5.08. The Kier molecular flexibility index (Phi) is 6.75. The molecule has 1 heterocycles. The minimum absolute atomic E-state index is 0.140. The van der Waals surface area contributed by atoms with Crippen LogP contribution in [0.1, 0.15) is 36.5 Å². The van der Waals surface area contributed by atoms with Crippen LogP contribution in [-0.4, -0.2) is 35.7 Å². The number of methoxy groups -OCH3 is 1. The number of nitrogens with one attached hydrogen (secondary N) is 1. The molecule has 1 amide bonds. The third-order valence-electron chi connectivity index (χ3n) is 4.84. The largest absolute Gasteiger partial charge is 0.493 e. The number of hydrogen-bond acceptors (Lipinski definition) is 4. The molecule has 0 aliphatic rings. The lowest BCUT2D eigenvalue weighted by Crippen LogP contribution is -2.27. The van der Waals surface area contributed by atoms with E-state index in [0.29, 0.717) is 42.7 Å². The van der Waals surface area contributed by atoms with Gasteiger partial charge in [-0.3, -0.25) is 4.79 Å². The first-order valence-electron chi connectivity index (χ1n) is 10.0. The molecule has 154 valence electrons. The summed E-state index contributed by atoms with van der Waals surface area (Å²) < 4.78 is 13.3. The maximum Gasteiger partial charge on any atom is 0.251 e. The summed E-state index contributed by atoms with van der Waals surface area (Å²) in [5, 5.41) is 2.97. The average Bonchev–Trinajstić information content (AvgIpc) is 3.03. The van der Waals surface area contributed by atoms with Crippen LogP contribution in [0.2, 0.25) is 0 Å². The zero-order valence-electron chi connectivity index (χ0n) is 17.6. The molecule has 0 saturated heterocycles. The molecule has 6 nitrogen and oxygen atoms in total. The van der Waals surface area contributed by atoms with Gasteiger partial charge in [0.1, 0.15) is 5.82 Å². The molecule has 0 spiro atoms. The first kappa shape index (κ1) is 20.7. The van der Waals surface area contributed by atoms with E-state index in [1.807, 2.05) is 31.2 Å². The van der Waals surface area contributed by atoms with Crippen molar-refractivity contribution in [1.29, 1.82) is 0 Å². The Bertz CT molecular complexity index is 979. The molecule has 0 atom stereocenters. The molecular weight excluding hydrogens is 366 g/mol. The summed E-state index contributed by atoms with van der Waals surface area (Å²) >= 11 is 0. The van der Waals surface area contributed by atoms with Crippen LogP contribution < -0.4 is 14.8 Å². The number of para-hydroxylation sites is 2. The molecule has 1 aromatic heterocycles. The van der Waals surface area contributed by atoms with Crippen LogP contribution in [0.4, 0.5) is 0 Å². The van der Waals surface area contributed by atoms with Crippen molar-refractivity contribution in [2.45, 2.75) is 33.7 Å². The number of aromatic nitrogens is 2. The number of carbonyl (C=O) groups excluding carboxylic acids is 1. The molecule has 3 aromatic rings. The van der Waals surface area contributed by atoms with Crippen molar-refractivity contribution in [2.75, 3.05) is 20.3 Å². The quantitative estimate of drug-likeness (QED) is 0.589. The Morgan fingerprint density at radius 3 is 2.72 bits per heavy atom. The number of benzene rings is 2. The number of amides is 1. The molecular formula is C23H29N3O3. The van der Waals surface area contributed by atoms with E-state index in [0.717, 1.165) is 23.3 Å². The first-order chi connectivity index (χ1) is 14.0. The Balaban J connectivity index is 1.60. The molecule has 0 radical (unpaired) electrons. The van der Waals surface area contributed by atoms with Crippen LogP contribution in [0.25, 0.3) is 11.0 Å². The van der Waals surface area contributed by atoms with Gasteiger partial charge in [-0.1, -0.05) is 26.0 Å². The predicted octanol–water partition coefficient (Wildman–Crippen LogP) is 4.21. The standard InChI is InChI=1S/C23H29N3O3/c1-16(2)11-14-29-21-10-9-18(15-22(21)28-4)23(27)24-12-13-26-17(3)25-19-7-5-6-8-20(19)26/h5-10,15-16H,11-14H2,1-4H3,(H,24,27). The smallest absolute Gasteiger partial charge is 0.251 e. The van der Waals surface area contributed by atoms with Crippen molar-refractivity contribution in [3.63, 3.8) is 0 Å². The number of ether oxygens (including phenoxy) is 2. The zero-order valence-corrected chi connectivity index (χ0v) is 17.6. The van der Waals surface area contributed by atoms with Gasteiger partial charge in [0.2, 0.25) is 0 Å². The van der Waals surface area contributed by atoms with E-state index in [1.165, 1.54) is 0 Å². The molecule has 3 rings (SSSR count). The third-order valence-corrected chi connectivity index (χ3v) is 4.84. The monoisotopic (exact) mass is 395 g/mol. The molecule has 0 saturated carbocycles. The van der Waals surface area contributed by atoms with Crippen LogP contribution in [0, 0.1) is 12.8 Å². The highest BCUT2D eigenvalue weighted by Gasteiger charge is 2.12. The first-order valence-corrected chi connectivity index (χ1v) is 10.0. The summed E-state index contributed by atoms with van der Waals surface area (Å²) in [4.78, 5) is 17.1. The van der Waals surface area contributed by atoms with Gasteiger partial charge in [0, 0.05) is 18.7 Å². The fourth-order valence-electron chi connectivity index (χ4n) is 3.19. The van der Waals surface area contributed by atoms with E-state index in [2.05, 4.69) is 28.7 Å². The Morgan fingerprint density at radius 1 is 1.17 bits per heavy atom. The maximum absolute atomic E-state index is 12.6.